The van der Waals surface area contributed by atoms with Crippen molar-refractivity contribution < 1.29 is 14.3 Å². The van der Waals surface area contributed by atoms with Crippen LogP contribution >= 0.6 is 23.1 Å². The van der Waals surface area contributed by atoms with E-state index in [1.165, 1.54) is 42.4 Å². The van der Waals surface area contributed by atoms with Gasteiger partial charge in [0.1, 0.15) is 5.75 Å². The van der Waals surface area contributed by atoms with Gasteiger partial charge in [0.2, 0.25) is 11.0 Å². The van der Waals surface area contributed by atoms with Gasteiger partial charge in [0.15, 0.2) is 4.34 Å². The first-order valence-corrected chi connectivity index (χ1v) is 10.7. The van der Waals surface area contributed by atoms with Gasteiger partial charge in [-0.3, -0.25) is 14.9 Å². The first kappa shape index (κ1) is 19.6. The van der Waals surface area contributed by atoms with E-state index >= 15 is 0 Å². The number of benzene rings is 1. The minimum Gasteiger partial charge on any atom is -0.497 e. The topological polar surface area (TPSA) is 93.2 Å². The number of thioether (sulfide) groups is 1. The molecule has 0 aliphatic heterocycles. The van der Waals surface area contributed by atoms with Gasteiger partial charge in [-0.25, -0.2) is 0 Å². The molecule has 2 amide bonds. The highest BCUT2D eigenvalue weighted by molar-refractivity contribution is 8.01. The van der Waals surface area contributed by atoms with Crippen LogP contribution in [0, 0.1) is 0 Å². The molecule has 0 atom stereocenters. The molecule has 1 heterocycles. The number of methoxy groups -OCH3 is 1. The standard InChI is InChI=1S/C18H22N4O3S2/c1-25-14-9-7-12(8-10-14)16(24)20-15(23)11-26-18-22-21-17(27-18)19-13-5-3-2-4-6-13/h7-10,13H,2-6,11H2,1H3,(H,19,21)(H,20,23,24). The molecule has 1 saturated carbocycles. The average molecular weight is 407 g/mol. The Balaban J connectivity index is 1.43. The number of hydrogen-bond acceptors (Lipinski definition) is 8. The number of aromatic nitrogens is 2. The largest absolute Gasteiger partial charge is 0.497 e. The summed E-state index contributed by atoms with van der Waals surface area (Å²) in [5.41, 5.74) is 0.407. The quantitative estimate of drug-likeness (QED) is 0.681. The van der Waals surface area contributed by atoms with Crippen molar-refractivity contribution in [2.24, 2.45) is 0 Å². The Kier molecular flexibility index (Phi) is 7.05. The van der Waals surface area contributed by atoms with Crippen LogP contribution in [0.2, 0.25) is 0 Å². The predicted molar refractivity (Wildman–Crippen MR) is 107 cm³/mol. The number of hydrogen-bond donors (Lipinski definition) is 2. The third-order valence-electron chi connectivity index (χ3n) is 4.27. The second-order valence-electron chi connectivity index (χ2n) is 6.25. The van der Waals surface area contributed by atoms with Gasteiger partial charge in [0, 0.05) is 11.6 Å². The van der Waals surface area contributed by atoms with Crippen LogP contribution in [-0.2, 0) is 4.79 Å². The molecule has 0 saturated heterocycles. The molecular weight excluding hydrogens is 384 g/mol. The number of anilines is 1. The van der Waals surface area contributed by atoms with Crippen LogP contribution < -0.4 is 15.4 Å². The highest BCUT2D eigenvalue weighted by Gasteiger charge is 2.16. The average Bonchev–Trinajstić information content (AvgIpc) is 3.14. The SMILES string of the molecule is COc1ccc(C(=O)NC(=O)CSc2nnc(NC3CCCCC3)s2)cc1. The highest BCUT2D eigenvalue weighted by atomic mass is 32.2. The lowest BCUT2D eigenvalue weighted by molar-refractivity contribution is -0.117. The summed E-state index contributed by atoms with van der Waals surface area (Å²) in [7, 11) is 1.55. The monoisotopic (exact) mass is 406 g/mol. The van der Waals surface area contributed by atoms with Crippen molar-refractivity contribution in [1.82, 2.24) is 15.5 Å². The number of rotatable bonds is 7. The molecule has 9 heteroatoms. The molecule has 0 bridgehead atoms. The van der Waals surface area contributed by atoms with Crippen molar-refractivity contribution in [1.29, 1.82) is 0 Å². The normalized spacial score (nSPS) is 14.6. The van der Waals surface area contributed by atoms with E-state index in [9.17, 15) is 9.59 Å². The van der Waals surface area contributed by atoms with Crippen molar-refractivity contribution in [3.63, 3.8) is 0 Å². The number of imide groups is 1. The Morgan fingerprint density at radius 1 is 1.19 bits per heavy atom. The Morgan fingerprint density at radius 2 is 1.93 bits per heavy atom. The number of carbonyl (C=O) groups is 2. The zero-order valence-electron chi connectivity index (χ0n) is 15.1. The van der Waals surface area contributed by atoms with Gasteiger partial charge in [-0.1, -0.05) is 42.4 Å². The molecule has 1 aromatic carbocycles. The minimum atomic E-state index is -0.430. The third kappa shape index (κ3) is 5.93. The molecule has 1 aliphatic carbocycles. The summed E-state index contributed by atoms with van der Waals surface area (Å²) in [6.45, 7) is 0. The Bertz CT molecular complexity index is 773. The van der Waals surface area contributed by atoms with E-state index in [1.807, 2.05) is 0 Å². The summed E-state index contributed by atoms with van der Waals surface area (Å²) in [6.07, 6.45) is 6.14. The Hall–Kier alpha value is -2.13. The van der Waals surface area contributed by atoms with Gasteiger partial charge in [-0.2, -0.15) is 0 Å². The number of amides is 2. The van der Waals surface area contributed by atoms with E-state index in [2.05, 4.69) is 20.8 Å². The van der Waals surface area contributed by atoms with E-state index < -0.39 is 5.91 Å². The van der Waals surface area contributed by atoms with Crippen LogP contribution in [0.5, 0.6) is 5.75 Å². The summed E-state index contributed by atoms with van der Waals surface area (Å²) in [5.74, 6) is -0.0275. The predicted octanol–water partition coefficient (Wildman–Crippen LogP) is 3.34. The lowest BCUT2D eigenvalue weighted by atomic mass is 9.96. The van der Waals surface area contributed by atoms with Gasteiger partial charge in [-0.05, 0) is 37.1 Å². The molecule has 1 fully saturated rings. The fourth-order valence-corrected chi connectivity index (χ4v) is 4.48. The number of ether oxygens (including phenoxy) is 1. The number of nitrogens with one attached hydrogen (secondary N) is 2. The molecule has 0 radical (unpaired) electrons. The maximum atomic E-state index is 12.1. The third-order valence-corrected chi connectivity index (χ3v) is 6.26. The van der Waals surface area contributed by atoms with E-state index in [0.29, 0.717) is 21.7 Å². The van der Waals surface area contributed by atoms with E-state index in [1.54, 1.807) is 31.4 Å². The van der Waals surface area contributed by atoms with Crippen LogP contribution in [0.15, 0.2) is 28.6 Å². The zero-order valence-corrected chi connectivity index (χ0v) is 16.7. The fourth-order valence-electron chi connectivity index (χ4n) is 2.85. The molecular formula is C18H22N4O3S2. The van der Waals surface area contributed by atoms with E-state index in [0.717, 1.165) is 18.0 Å². The fraction of sp³-hybridized carbons (Fsp3) is 0.444. The molecule has 1 aromatic heterocycles. The molecule has 27 heavy (non-hydrogen) atoms. The lowest BCUT2D eigenvalue weighted by Gasteiger charge is -2.21. The Morgan fingerprint density at radius 3 is 2.63 bits per heavy atom. The van der Waals surface area contributed by atoms with Crippen molar-refractivity contribution in [3.05, 3.63) is 29.8 Å². The van der Waals surface area contributed by atoms with Crippen molar-refractivity contribution in [3.8, 4) is 5.75 Å². The summed E-state index contributed by atoms with van der Waals surface area (Å²) < 4.78 is 5.76. The lowest BCUT2D eigenvalue weighted by Crippen LogP contribution is -2.31. The summed E-state index contributed by atoms with van der Waals surface area (Å²) >= 11 is 2.71. The van der Waals surface area contributed by atoms with Gasteiger partial charge < -0.3 is 10.1 Å². The maximum absolute atomic E-state index is 12.1. The van der Waals surface area contributed by atoms with E-state index in [4.69, 9.17) is 4.74 Å². The highest BCUT2D eigenvalue weighted by Crippen LogP contribution is 2.28. The maximum Gasteiger partial charge on any atom is 0.257 e. The molecule has 0 spiro atoms. The van der Waals surface area contributed by atoms with Crippen LogP contribution in [0.25, 0.3) is 0 Å². The van der Waals surface area contributed by atoms with Crippen molar-refractivity contribution >= 4 is 40.0 Å². The van der Waals surface area contributed by atoms with Crippen LogP contribution in [-0.4, -0.2) is 40.9 Å². The van der Waals surface area contributed by atoms with Crippen LogP contribution in [0.4, 0.5) is 5.13 Å². The second-order valence-corrected chi connectivity index (χ2v) is 8.45. The van der Waals surface area contributed by atoms with Gasteiger partial charge in [-0.15, -0.1) is 10.2 Å². The molecule has 2 N–H and O–H groups in total. The summed E-state index contributed by atoms with van der Waals surface area (Å²) in [6, 6.07) is 7.05. The zero-order chi connectivity index (χ0) is 19.1. The molecule has 1 aliphatic rings. The number of carbonyl (C=O) groups excluding carboxylic acids is 2. The van der Waals surface area contributed by atoms with Gasteiger partial charge >= 0.3 is 0 Å². The molecule has 144 valence electrons. The molecule has 3 rings (SSSR count). The Labute approximate surface area is 166 Å². The van der Waals surface area contributed by atoms with Crippen molar-refractivity contribution in [2.75, 3.05) is 18.2 Å². The van der Waals surface area contributed by atoms with E-state index in [-0.39, 0.29) is 11.7 Å². The second kappa shape index (κ2) is 9.70. The summed E-state index contributed by atoms with van der Waals surface area (Å²) in [5, 5.41) is 14.8. The number of nitrogens with zero attached hydrogens (tertiary/aromatic N) is 2. The first-order valence-electron chi connectivity index (χ1n) is 8.85. The van der Waals surface area contributed by atoms with Crippen LogP contribution in [0.1, 0.15) is 42.5 Å². The smallest absolute Gasteiger partial charge is 0.257 e. The summed E-state index contributed by atoms with van der Waals surface area (Å²) in [4.78, 5) is 24.1. The molecule has 0 unspecified atom stereocenters. The van der Waals surface area contributed by atoms with Crippen molar-refractivity contribution in [2.45, 2.75) is 42.5 Å². The minimum absolute atomic E-state index is 0.111. The molecule has 2 aromatic rings. The molecule has 7 nitrogen and oxygen atoms in total. The van der Waals surface area contributed by atoms with Gasteiger partial charge in [0.05, 0.1) is 12.9 Å². The van der Waals surface area contributed by atoms with Crippen LogP contribution in [0.3, 0.4) is 0 Å². The van der Waals surface area contributed by atoms with Gasteiger partial charge in [0.25, 0.3) is 5.91 Å². The first-order chi connectivity index (χ1) is 13.1.